The summed E-state index contributed by atoms with van der Waals surface area (Å²) >= 11 is 7.74. The number of aromatic carboxylic acids is 1. The van der Waals surface area contributed by atoms with E-state index in [0.29, 0.717) is 30.9 Å². The van der Waals surface area contributed by atoms with Crippen LogP contribution in [0, 0.1) is 11.6 Å². The molecule has 2 heterocycles. The van der Waals surface area contributed by atoms with Crippen LogP contribution in [-0.2, 0) is 9.59 Å². The molecule has 178 valence electrons. The van der Waals surface area contributed by atoms with Gasteiger partial charge in [-0.2, -0.15) is 0 Å². The average Bonchev–Trinajstić information content (AvgIpc) is 3.37. The first-order valence-electron chi connectivity index (χ1n) is 10.1. The number of nitrogens with one attached hydrogen (secondary N) is 1. The molecule has 4 rings (SSSR count). The summed E-state index contributed by atoms with van der Waals surface area (Å²) in [7, 11) is 0. The highest BCUT2D eigenvalue weighted by Crippen LogP contribution is 2.35. The van der Waals surface area contributed by atoms with Crippen molar-refractivity contribution in [2.45, 2.75) is 6.42 Å². The van der Waals surface area contributed by atoms with Crippen LogP contribution in [0.15, 0.2) is 58.8 Å². The van der Waals surface area contributed by atoms with Gasteiger partial charge in [-0.1, -0.05) is 24.0 Å². The molecule has 1 saturated heterocycles. The number of amides is 2. The number of nitrogens with zero attached hydrogens (tertiary/aromatic N) is 1. The molecule has 0 radical (unpaired) electrons. The summed E-state index contributed by atoms with van der Waals surface area (Å²) in [4.78, 5) is 38.5. The lowest BCUT2D eigenvalue weighted by Crippen LogP contribution is -2.31. The van der Waals surface area contributed by atoms with E-state index in [1.165, 1.54) is 52.6 Å². The number of thiophene rings is 1. The maximum atomic E-state index is 13.5. The zero-order valence-electron chi connectivity index (χ0n) is 17.8. The number of hydrogen-bond acceptors (Lipinski definition) is 6. The van der Waals surface area contributed by atoms with Crippen molar-refractivity contribution in [2.75, 3.05) is 11.9 Å². The van der Waals surface area contributed by atoms with Crippen molar-refractivity contribution < 1.29 is 28.3 Å². The Morgan fingerprint density at radius 1 is 1.06 bits per heavy atom. The van der Waals surface area contributed by atoms with Crippen LogP contribution >= 0.6 is 35.3 Å². The first-order chi connectivity index (χ1) is 16.7. The zero-order chi connectivity index (χ0) is 25.1. The molecule has 1 aliphatic rings. The van der Waals surface area contributed by atoms with Crippen LogP contribution in [0.25, 0.3) is 17.2 Å². The molecule has 2 N–H and O–H groups in total. The van der Waals surface area contributed by atoms with Crippen molar-refractivity contribution >= 4 is 69.2 Å². The lowest BCUT2D eigenvalue weighted by Gasteiger charge is -2.14. The van der Waals surface area contributed by atoms with Crippen molar-refractivity contribution in [1.82, 2.24) is 4.90 Å². The minimum Gasteiger partial charge on any atom is -0.478 e. The third kappa shape index (κ3) is 5.99. The van der Waals surface area contributed by atoms with Gasteiger partial charge in [0.25, 0.3) is 5.91 Å². The quantitative estimate of drug-likeness (QED) is 0.305. The number of thiocarbonyl (C=S) groups is 1. The van der Waals surface area contributed by atoms with Crippen molar-refractivity contribution in [3.8, 4) is 11.1 Å². The molecule has 0 bridgehead atoms. The van der Waals surface area contributed by atoms with Gasteiger partial charge in [0.05, 0.1) is 10.5 Å². The lowest BCUT2D eigenvalue weighted by molar-refractivity contribution is -0.122. The van der Waals surface area contributed by atoms with E-state index in [2.05, 4.69) is 5.32 Å². The average molecular weight is 531 g/mol. The van der Waals surface area contributed by atoms with E-state index in [0.717, 1.165) is 17.8 Å². The number of carbonyl (C=O) groups is 3. The molecule has 0 unspecified atom stereocenters. The van der Waals surface area contributed by atoms with E-state index >= 15 is 0 Å². The Bertz CT molecular complexity index is 1350. The van der Waals surface area contributed by atoms with Crippen LogP contribution in [0.3, 0.4) is 0 Å². The number of carbonyl (C=O) groups excluding carboxylic acids is 2. The van der Waals surface area contributed by atoms with E-state index in [9.17, 15) is 23.2 Å². The molecule has 0 atom stereocenters. The Labute approximate surface area is 212 Å². The van der Waals surface area contributed by atoms with Crippen molar-refractivity contribution in [3.63, 3.8) is 0 Å². The fraction of sp³-hybridized carbons (Fsp3) is 0.0833. The highest BCUT2D eigenvalue weighted by atomic mass is 32.2. The van der Waals surface area contributed by atoms with E-state index in [4.69, 9.17) is 17.3 Å². The van der Waals surface area contributed by atoms with Crippen molar-refractivity contribution in [2.24, 2.45) is 0 Å². The molecule has 3 aromatic rings. The second-order valence-electron chi connectivity index (χ2n) is 7.41. The summed E-state index contributed by atoms with van der Waals surface area (Å²) in [5, 5.41) is 13.3. The zero-order valence-corrected chi connectivity index (χ0v) is 20.2. The second-order valence-corrected chi connectivity index (χ2v) is 10.0. The van der Waals surface area contributed by atoms with E-state index in [1.54, 1.807) is 17.5 Å². The third-order valence-corrected chi connectivity index (χ3v) is 7.20. The van der Waals surface area contributed by atoms with Crippen LogP contribution in [-0.4, -0.2) is 38.7 Å². The normalized spacial score (nSPS) is 14.6. The van der Waals surface area contributed by atoms with E-state index in [-0.39, 0.29) is 30.3 Å². The highest BCUT2D eigenvalue weighted by molar-refractivity contribution is 8.26. The Morgan fingerprint density at radius 3 is 2.40 bits per heavy atom. The summed E-state index contributed by atoms with van der Waals surface area (Å²) in [5.74, 6) is -3.08. The fourth-order valence-electron chi connectivity index (χ4n) is 3.26. The summed E-state index contributed by atoms with van der Waals surface area (Å²) in [5.41, 5.74) is 1.57. The number of carboxylic acid groups (broad SMARTS) is 1. The highest BCUT2D eigenvalue weighted by Gasteiger charge is 2.32. The third-order valence-electron chi connectivity index (χ3n) is 4.94. The van der Waals surface area contributed by atoms with Gasteiger partial charge in [-0.3, -0.25) is 14.5 Å². The Kier molecular flexibility index (Phi) is 7.39. The van der Waals surface area contributed by atoms with Gasteiger partial charge < -0.3 is 10.4 Å². The maximum Gasteiger partial charge on any atom is 0.335 e. The Balaban J connectivity index is 1.38. The SMILES string of the molecule is O=C(CCN1C(=O)C(=Cc2cc(-c3cc(F)cc(F)c3)cs2)SC1=S)Nc1ccc(C(=O)O)cc1. The molecule has 0 aliphatic carbocycles. The Hall–Kier alpha value is -3.41. The van der Waals surface area contributed by atoms with Gasteiger partial charge in [-0.15, -0.1) is 11.3 Å². The molecule has 1 aliphatic heterocycles. The van der Waals surface area contributed by atoms with Gasteiger partial charge in [0.1, 0.15) is 16.0 Å². The van der Waals surface area contributed by atoms with Crippen molar-refractivity contribution in [3.05, 3.63) is 80.9 Å². The largest absolute Gasteiger partial charge is 0.478 e. The predicted octanol–water partition coefficient (Wildman–Crippen LogP) is 5.62. The van der Waals surface area contributed by atoms with Crippen molar-refractivity contribution in [1.29, 1.82) is 0 Å². The first-order valence-corrected chi connectivity index (χ1v) is 12.2. The van der Waals surface area contributed by atoms with E-state index in [1.807, 2.05) is 0 Å². The monoisotopic (exact) mass is 530 g/mol. The lowest BCUT2D eigenvalue weighted by atomic mass is 10.1. The fourth-order valence-corrected chi connectivity index (χ4v) is 5.48. The number of halogens is 2. The van der Waals surface area contributed by atoms with Crippen LogP contribution in [0.5, 0.6) is 0 Å². The molecule has 11 heteroatoms. The number of hydrogen-bond donors (Lipinski definition) is 2. The van der Waals surface area contributed by atoms with Gasteiger partial charge >= 0.3 is 5.97 Å². The first kappa shape index (κ1) is 24.7. The van der Waals surface area contributed by atoms with Gasteiger partial charge in [0.2, 0.25) is 5.91 Å². The minimum absolute atomic E-state index is 0.00527. The smallest absolute Gasteiger partial charge is 0.335 e. The summed E-state index contributed by atoms with van der Waals surface area (Å²) < 4.78 is 27.4. The number of rotatable bonds is 7. The molecule has 35 heavy (non-hydrogen) atoms. The molecule has 1 fully saturated rings. The number of benzene rings is 2. The Morgan fingerprint density at radius 2 is 1.74 bits per heavy atom. The van der Waals surface area contributed by atoms with Gasteiger partial charge in [-0.25, -0.2) is 13.6 Å². The number of carboxylic acids is 1. The maximum absolute atomic E-state index is 13.5. The second kappa shape index (κ2) is 10.5. The standard InChI is InChI=1S/C24H16F2N2O4S3/c25-16-7-14(8-17(26)10-16)15-9-19(34-12-15)11-20-22(30)28(24(33)35-20)6-5-21(29)27-18-3-1-13(2-4-18)23(31)32/h1-4,7-12H,5-6H2,(H,27,29)(H,31,32). The van der Waals surface area contributed by atoms with Gasteiger partial charge in [-0.05, 0) is 65.0 Å². The molecule has 2 aromatic carbocycles. The molecule has 0 spiro atoms. The molecular formula is C24H16F2N2O4S3. The van der Waals surface area contributed by atoms with Crippen LogP contribution in [0.2, 0.25) is 0 Å². The van der Waals surface area contributed by atoms with Crippen LogP contribution in [0.4, 0.5) is 14.5 Å². The van der Waals surface area contributed by atoms with E-state index < -0.39 is 17.6 Å². The molecule has 1 aromatic heterocycles. The topological polar surface area (TPSA) is 86.7 Å². The van der Waals surface area contributed by atoms with Gasteiger partial charge in [0, 0.05) is 29.6 Å². The van der Waals surface area contributed by atoms with Crippen LogP contribution in [0.1, 0.15) is 21.7 Å². The summed E-state index contributed by atoms with van der Waals surface area (Å²) in [6.07, 6.45) is 1.65. The molecule has 6 nitrogen and oxygen atoms in total. The minimum atomic E-state index is -1.06. The molecular weight excluding hydrogens is 514 g/mol. The molecule has 2 amide bonds. The summed E-state index contributed by atoms with van der Waals surface area (Å²) in [6, 6.07) is 10.7. The predicted molar refractivity (Wildman–Crippen MR) is 136 cm³/mol. The molecule has 0 saturated carbocycles. The number of anilines is 1. The number of thioether (sulfide) groups is 1. The van der Waals surface area contributed by atoms with Gasteiger partial charge in [0.15, 0.2) is 0 Å². The van der Waals surface area contributed by atoms with Crippen LogP contribution < -0.4 is 5.32 Å². The summed E-state index contributed by atoms with van der Waals surface area (Å²) in [6.45, 7) is 0.0826.